The summed E-state index contributed by atoms with van der Waals surface area (Å²) < 4.78 is 5.29. The Morgan fingerprint density at radius 2 is 2.12 bits per heavy atom. The zero-order valence-corrected chi connectivity index (χ0v) is 11.1. The second-order valence-electron chi connectivity index (χ2n) is 4.62. The van der Waals surface area contributed by atoms with Gasteiger partial charge < -0.3 is 20.9 Å². The maximum Gasteiger partial charge on any atom is 0.188 e. The molecule has 1 atom stereocenters. The molecule has 0 radical (unpaired) electrons. The van der Waals surface area contributed by atoms with E-state index in [0.717, 1.165) is 5.57 Å². The van der Waals surface area contributed by atoms with Crippen molar-refractivity contribution in [2.75, 3.05) is 26.3 Å². The molecule has 0 fully saturated rings. The number of aliphatic hydroxyl groups excluding tert-OH is 1. The number of nitrogens with two attached hydrogens (primary N) is 1. The third-order valence-electron chi connectivity index (χ3n) is 1.81. The van der Waals surface area contributed by atoms with Crippen LogP contribution >= 0.6 is 0 Å². The molecule has 0 aromatic heterocycles. The second kappa shape index (κ2) is 9.01. The number of rotatable bonds is 8. The van der Waals surface area contributed by atoms with Crippen LogP contribution in [-0.4, -0.2) is 43.5 Å². The van der Waals surface area contributed by atoms with Crippen LogP contribution in [-0.2, 0) is 4.74 Å². The SMILES string of the molecule is C=C(C)CNC(N)=NCC(O)COCC(C)C. The summed E-state index contributed by atoms with van der Waals surface area (Å²) >= 11 is 0. The first kappa shape index (κ1) is 15.9. The zero-order valence-electron chi connectivity index (χ0n) is 11.1. The number of ether oxygens (including phenoxy) is 1. The standard InChI is InChI=1S/C12H25N3O2/c1-9(2)5-14-12(13)15-6-11(16)8-17-7-10(3)4/h10-11,16H,1,5-8H2,2-4H3,(H3,13,14,15). The second-order valence-corrected chi connectivity index (χ2v) is 4.62. The van der Waals surface area contributed by atoms with E-state index in [9.17, 15) is 5.11 Å². The summed E-state index contributed by atoms with van der Waals surface area (Å²) in [6.07, 6.45) is -0.612. The highest BCUT2D eigenvalue weighted by molar-refractivity contribution is 5.78. The molecule has 100 valence electrons. The Morgan fingerprint density at radius 3 is 2.65 bits per heavy atom. The Balaban J connectivity index is 3.69. The molecule has 0 aromatic rings. The van der Waals surface area contributed by atoms with E-state index in [2.05, 4.69) is 30.7 Å². The number of aliphatic imine (C=N–C) groups is 1. The lowest BCUT2D eigenvalue weighted by Crippen LogP contribution is -2.34. The monoisotopic (exact) mass is 243 g/mol. The fourth-order valence-corrected chi connectivity index (χ4v) is 0.994. The fraction of sp³-hybridized carbons (Fsp3) is 0.750. The lowest BCUT2D eigenvalue weighted by molar-refractivity contribution is 0.0301. The van der Waals surface area contributed by atoms with Crippen LogP contribution in [0.25, 0.3) is 0 Å². The summed E-state index contributed by atoms with van der Waals surface area (Å²) in [4.78, 5) is 4.01. The van der Waals surface area contributed by atoms with Crippen molar-refractivity contribution in [1.82, 2.24) is 5.32 Å². The van der Waals surface area contributed by atoms with Crippen molar-refractivity contribution in [3.05, 3.63) is 12.2 Å². The summed E-state index contributed by atoms with van der Waals surface area (Å²) in [7, 11) is 0. The van der Waals surface area contributed by atoms with Gasteiger partial charge in [0.05, 0.1) is 19.3 Å². The number of hydrogen-bond donors (Lipinski definition) is 3. The lowest BCUT2D eigenvalue weighted by Gasteiger charge is -2.11. The van der Waals surface area contributed by atoms with Crippen molar-refractivity contribution in [3.8, 4) is 0 Å². The van der Waals surface area contributed by atoms with E-state index in [1.165, 1.54) is 0 Å². The van der Waals surface area contributed by atoms with Gasteiger partial charge in [-0.15, -0.1) is 0 Å². The van der Waals surface area contributed by atoms with Gasteiger partial charge in [-0.25, -0.2) is 0 Å². The number of nitrogens with zero attached hydrogens (tertiary/aromatic N) is 1. The van der Waals surface area contributed by atoms with E-state index in [1.54, 1.807) is 0 Å². The third kappa shape index (κ3) is 11.2. The van der Waals surface area contributed by atoms with E-state index in [4.69, 9.17) is 10.5 Å². The number of hydrogen-bond acceptors (Lipinski definition) is 3. The van der Waals surface area contributed by atoms with Crippen LogP contribution in [0, 0.1) is 5.92 Å². The van der Waals surface area contributed by atoms with Gasteiger partial charge in [0.15, 0.2) is 5.96 Å². The largest absolute Gasteiger partial charge is 0.389 e. The summed E-state index contributed by atoms with van der Waals surface area (Å²) in [6, 6.07) is 0. The number of aliphatic hydroxyl groups is 1. The molecule has 0 saturated heterocycles. The Morgan fingerprint density at radius 1 is 1.47 bits per heavy atom. The molecule has 0 heterocycles. The average molecular weight is 243 g/mol. The maximum absolute atomic E-state index is 9.56. The van der Waals surface area contributed by atoms with Crippen LogP contribution in [0.4, 0.5) is 0 Å². The van der Waals surface area contributed by atoms with E-state index < -0.39 is 6.10 Å². The minimum atomic E-state index is -0.612. The molecular weight excluding hydrogens is 218 g/mol. The van der Waals surface area contributed by atoms with Crippen molar-refractivity contribution < 1.29 is 9.84 Å². The summed E-state index contributed by atoms with van der Waals surface area (Å²) in [5, 5.41) is 12.4. The lowest BCUT2D eigenvalue weighted by atomic mass is 10.2. The first-order chi connectivity index (χ1) is 7.91. The third-order valence-corrected chi connectivity index (χ3v) is 1.81. The van der Waals surface area contributed by atoms with E-state index >= 15 is 0 Å². The summed E-state index contributed by atoms with van der Waals surface area (Å²) in [5.74, 6) is 0.781. The van der Waals surface area contributed by atoms with Gasteiger partial charge in [-0.05, 0) is 12.8 Å². The van der Waals surface area contributed by atoms with Crippen molar-refractivity contribution in [2.24, 2.45) is 16.6 Å². The molecule has 0 aliphatic heterocycles. The van der Waals surface area contributed by atoms with Gasteiger partial charge >= 0.3 is 0 Å². The topological polar surface area (TPSA) is 79.9 Å². The normalized spacial score (nSPS) is 13.8. The first-order valence-electron chi connectivity index (χ1n) is 5.85. The fourth-order valence-electron chi connectivity index (χ4n) is 0.994. The zero-order chi connectivity index (χ0) is 13.3. The molecule has 5 heteroatoms. The van der Waals surface area contributed by atoms with Gasteiger partial charge in [-0.2, -0.15) is 0 Å². The van der Waals surface area contributed by atoms with Crippen molar-refractivity contribution in [3.63, 3.8) is 0 Å². The van der Waals surface area contributed by atoms with Crippen molar-refractivity contribution in [1.29, 1.82) is 0 Å². The van der Waals surface area contributed by atoms with Gasteiger partial charge in [-0.3, -0.25) is 4.99 Å². The maximum atomic E-state index is 9.56. The van der Waals surface area contributed by atoms with Crippen LogP contribution in [0.15, 0.2) is 17.1 Å². The highest BCUT2D eigenvalue weighted by Gasteiger charge is 2.04. The van der Waals surface area contributed by atoms with Crippen LogP contribution in [0.1, 0.15) is 20.8 Å². The number of guanidine groups is 1. The van der Waals surface area contributed by atoms with Gasteiger partial charge in [0.1, 0.15) is 0 Å². The van der Waals surface area contributed by atoms with Crippen LogP contribution in [0.2, 0.25) is 0 Å². The Kier molecular flexibility index (Phi) is 8.44. The molecule has 5 nitrogen and oxygen atoms in total. The van der Waals surface area contributed by atoms with Crippen molar-refractivity contribution >= 4 is 5.96 Å². The molecule has 17 heavy (non-hydrogen) atoms. The molecule has 0 saturated carbocycles. The minimum absolute atomic E-state index is 0.243. The molecule has 4 N–H and O–H groups in total. The predicted molar refractivity (Wildman–Crippen MR) is 71.0 cm³/mol. The molecular formula is C12H25N3O2. The molecule has 0 aliphatic carbocycles. The van der Waals surface area contributed by atoms with Crippen molar-refractivity contribution in [2.45, 2.75) is 26.9 Å². The molecule has 0 aromatic carbocycles. The first-order valence-corrected chi connectivity index (χ1v) is 5.85. The van der Waals surface area contributed by atoms with Gasteiger partial charge in [-0.1, -0.05) is 26.0 Å². The average Bonchev–Trinajstić information content (AvgIpc) is 2.23. The Hall–Kier alpha value is -1.07. The van der Waals surface area contributed by atoms with Gasteiger partial charge in [0.2, 0.25) is 0 Å². The smallest absolute Gasteiger partial charge is 0.188 e. The molecule has 0 spiro atoms. The molecule has 0 rings (SSSR count). The Labute approximate surface area is 104 Å². The predicted octanol–water partition coefficient (Wildman–Crippen LogP) is 0.500. The van der Waals surface area contributed by atoms with Gasteiger partial charge in [0.25, 0.3) is 0 Å². The highest BCUT2D eigenvalue weighted by Crippen LogP contribution is 1.94. The molecule has 0 aliphatic rings. The van der Waals surface area contributed by atoms with Gasteiger partial charge in [0, 0.05) is 13.2 Å². The van der Waals surface area contributed by atoms with Crippen LogP contribution in [0.3, 0.4) is 0 Å². The molecule has 0 bridgehead atoms. The molecule has 1 unspecified atom stereocenters. The van der Waals surface area contributed by atoms with Crippen LogP contribution < -0.4 is 11.1 Å². The van der Waals surface area contributed by atoms with Crippen LogP contribution in [0.5, 0.6) is 0 Å². The highest BCUT2D eigenvalue weighted by atomic mass is 16.5. The van der Waals surface area contributed by atoms with E-state index in [-0.39, 0.29) is 13.2 Å². The quantitative estimate of drug-likeness (QED) is 0.329. The summed E-state index contributed by atoms with van der Waals surface area (Å²) in [5.41, 5.74) is 6.57. The minimum Gasteiger partial charge on any atom is -0.389 e. The molecule has 0 amide bonds. The van der Waals surface area contributed by atoms with E-state index in [1.807, 2.05) is 6.92 Å². The Bertz CT molecular complexity index is 252. The number of nitrogens with one attached hydrogen (secondary N) is 1. The summed E-state index contributed by atoms with van der Waals surface area (Å²) in [6.45, 7) is 11.5. The van der Waals surface area contributed by atoms with E-state index in [0.29, 0.717) is 25.0 Å².